The Bertz CT molecular complexity index is 1750. The lowest BCUT2D eigenvalue weighted by Crippen LogP contribution is -2.55. The van der Waals surface area contributed by atoms with Crippen LogP contribution >= 0.6 is 0 Å². The molecule has 3 aliphatic rings. The van der Waals surface area contributed by atoms with E-state index >= 15 is 0 Å². The summed E-state index contributed by atoms with van der Waals surface area (Å²) in [5.74, 6) is 1.61. The molecular formula is C43H56N2O7. The van der Waals surface area contributed by atoms with Crippen LogP contribution in [0.4, 0.5) is 4.79 Å². The molecule has 3 N–H and O–H groups in total. The fourth-order valence-electron chi connectivity index (χ4n) is 8.14. The van der Waals surface area contributed by atoms with Crippen LogP contribution in [-0.4, -0.2) is 72.5 Å². The van der Waals surface area contributed by atoms with Gasteiger partial charge in [0, 0.05) is 34.2 Å². The lowest BCUT2D eigenvalue weighted by Gasteiger charge is -2.46. The topological polar surface area (TPSA) is 118 Å². The van der Waals surface area contributed by atoms with E-state index < -0.39 is 17.1 Å². The summed E-state index contributed by atoms with van der Waals surface area (Å²) in [5, 5.41) is 27.0. The van der Waals surface area contributed by atoms with Crippen LogP contribution in [0.2, 0.25) is 0 Å². The second-order valence-corrected chi connectivity index (χ2v) is 15.1. The van der Waals surface area contributed by atoms with Gasteiger partial charge in [0.15, 0.2) is 5.78 Å². The molecule has 0 aliphatic heterocycles. The van der Waals surface area contributed by atoms with Crippen LogP contribution in [0.5, 0.6) is 17.2 Å². The number of aliphatic hydroxyl groups is 2. The third-order valence-corrected chi connectivity index (χ3v) is 11.3. The third-order valence-electron chi connectivity index (χ3n) is 11.3. The highest BCUT2D eigenvalue weighted by Crippen LogP contribution is 2.59. The van der Waals surface area contributed by atoms with E-state index in [1.54, 1.807) is 56.6 Å². The fourth-order valence-corrected chi connectivity index (χ4v) is 8.14. The van der Waals surface area contributed by atoms with Crippen LogP contribution in [0, 0.1) is 5.41 Å². The molecule has 0 aromatic heterocycles. The number of carbonyl (C=O) groups excluding carboxylic acids is 2. The monoisotopic (exact) mass is 712 g/mol. The van der Waals surface area contributed by atoms with Crippen LogP contribution < -0.4 is 19.5 Å². The highest BCUT2D eigenvalue weighted by atomic mass is 16.5. The minimum atomic E-state index is -1.29. The third kappa shape index (κ3) is 8.48. The van der Waals surface area contributed by atoms with Gasteiger partial charge in [0.1, 0.15) is 17.2 Å². The molecule has 1 saturated carbocycles. The number of nitrogens with one attached hydrogen (secondary N) is 1. The molecule has 3 aromatic carbocycles. The van der Waals surface area contributed by atoms with Gasteiger partial charge in [-0.05, 0) is 125 Å². The van der Waals surface area contributed by atoms with Crippen molar-refractivity contribution < 1.29 is 34.0 Å². The van der Waals surface area contributed by atoms with E-state index in [2.05, 4.69) is 25.2 Å². The van der Waals surface area contributed by atoms with Crippen LogP contribution in [0.3, 0.4) is 0 Å². The van der Waals surface area contributed by atoms with Crippen molar-refractivity contribution in [2.24, 2.45) is 5.41 Å². The zero-order valence-corrected chi connectivity index (χ0v) is 31.8. The molecule has 2 bridgehead atoms. The predicted octanol–water partition coefficient (Wildman–Crippen LogP) is 7.60. The molecular weight excluding hydrogens is 656 g/mol. The Hall–Kier alpha value is -4.34. The lowest BCUT2D eigenvalue weighted by atomic mass is 9.64. The summed E-state index contributed by atoms with van der Waals surface area (Å²) in [6.07, 6.45) is 5.92. The second kappa shape index (κ2) is 16.6. The van der Waals surface area contributed by atoms with Crippen molar-refractivity contribution in [3.05, 3.63) is 100 Å². The van der Waals surface area contributed by atoms with Gasteiger partial charge in [-0.2, -0.15) is 0 Å². The Morgan fingerprint density at radius 3 is 2.33 bits per heavy atom. The Balaban J connectivity index is 1.60. The molecule has 2 amide bonds. The first-order valence-corrected chi connectivity index (χ1v) is 18.4. The van der Waals surface area contributed by atoms with Crippen molar-refractivity contribution in [1.29, 1.82) is 0 Å². The van der Waals surface area contributed by atoms with E-state index in [0.29, 0.717) is 66.9 Å². The van der Waals surface area contributed by atoms with Gasteiger partial charge in [0.05, 0.1) is 46.1 Å². The maximum atomic E-state index is 14.4. The van der Waals surface area contributed by atoms with E-state index in [0.717, 1.165) is 23.1 Å². The van der Waals surface area contributed by atoms with Gasteiger partial charge >= 0.3 is 6.03 Å². The van der Waals surface area contributed by atoms with Gasteiger partial charge in [-0.25, -0.2) is 4.79 Å². The smallest absolute Gasteiger partial charge is 0.317 e. The first kappa shape index (κ1) is 38.9. The fraction of sp³-hybridized carbons (Fsp3) is 0.488. The van der Waals surface area contributed by atoms with E-state index in [4.69, 9.17) is 14.2 Å². The van der Waals surface area contributed by atoms with Crippen LogP contribution in [0.1, 0.15) is 105 Å². The number of amides is 2. The van der Waals surface area contributed by atoms with Crippen molar-refractivity contribution in [1.82, 2.24) is 10.2 Å². The van der Waals surface area contributed by atoms with Crippen molar-refractivity contribution in [2.45, 2.75) is 103 Å². The van der Waals surface area contributed by atoms with Gasteiger partial charge in [0.2, 0.25) is 0 Å². The summed E-state index contributed by atoms with van der Waals surface area (Å²) in [4.78, 5) is 30.0. The SMILES string of the molecule is COc1ccc(C(=O)c2cc3ccc2[C@@H]2CC[C@@](O)(CN(Cc4ccc(OC)cc4OC)C(=O)NC(C)C)[C@@]2(C)CCC=C(C)CC[C@H](O)C3)cc1. The number of fused-ring (bicyclic) bond motifs is 8. The molecule has 52 heavy (non-hydrogen) atoms. The number of rotatable bonds is 10. The van der Waals surface area contributed by atoms with Crippen molar-refractivity contribution in [3.63, 3.8) is 0 Å². The molecule has 0 saturated heterocycles. The molecule has 0 spiro atoms. The van der Waals surface area contributed by atoms with E-state index in [1.165, 1.54) is 5.57 Å². The Labute approximate surface area is 309 Å². The summed E-state index contributed by atoms with van der Waals surface area (Å²) >= 11 is 0. The number of hydrogen-bond acceptors (Lipinski definition) is 7. The zero-order valence-electron chi connectivity index (χ0n) is 31.8. The largest absolute Gasteiger partial charge is 0.497 e. The van der Waals surface area contributed by atoms with E-state index in [-0.39, 0.29) is 36.9 Å². The first-order chi connectivity index (χ1) is 24.8. The molecule has 3 aliphatic carbocycles. The van der Waals surface area contributed by atoms with Gasteiger partial charge in [-0.15, -0.1) is 0 Å². The van der Waals surface area contributed by atoms with Gasteiger partial charge in [-0.3, -0.25) is 4.79 Å². The van der Waals surface area contributed by atoms with E-state index in [9.17, 15) is 19.8 Å². The molecule has 0 unspecified atom stereocenters. The average Bonchev–Trinajstić information content (AvgIpc) is 3.38. The molecule has 9 heteroatoms. The summed E-state index contributed by atoms with van der Waals surface area (Å²) < 4.78 is 16.5. The number of benzene rings is 3. The number of methoxy groups -OCH3 is 3. The van der Waals surface area contributed by atoms with Crippen LogP contribution in [0.15, 0.2) is 72.3 Å². The van der Waals surface area contributed by atoms with Gasteiger partial charge < -0.3 is 34.6 Å². The van der Waals surface area contributed by atoms with Crippen molar-refractivity contribution in [2.75, 3.05) is 27.9 Å². The predicted molar refractivity (Wildman–Crippen MR) is 203 cm³/mol. The highest BCUT2D eigenvalue weighted by molar-refractivity contribution is 6.10. The standard InChI is InChI=1S/C43H56N2O7/c1-28(2)44-41(48)45(26-32-14-18-35(51-6)25-39(32)52-7)27-43(49)22-20-38-36-19-11-30(23-33(46)15-10-29(3)9-8-21-42(38,43)4)24-37(36)40(47)31-12-16-34(50-5)17-13-31/h9,11-14,16-19,24-25,28,33,38,46,49H,8,10,15,20-23,26-27H2,1-7H3,(H,44,48)/t33-,38-,42-,43+/m0/s1. The molecule has 3 aromatic rings. The number of allylic oxidation sites excluding steroid dienone is 2. The molecule has 0 radical (unpaired) electrons. The summed E-state index contributed by atoms with van der Waals surface area (Å²) in [5.41, 5.74) is 2.88. The molecule has 6 rings (SSSR count). The number of nitrogens with zero attached hydrogens (tertiary/aromatic N) is 1. The number of ketones is 1. The number of ether oxygens (including phenoxy) is 3. The van der Waals surface area contributed by atoms with Crippen molar-refractivity contribution in [3.8, 4) is 17.2 Å². The van der Waals surface area contributed by atoms with Gasteiger partial charge in [-0.1, -0.05) is 30.7 Å². The Morgan fingerprint density at radius 2 is 1.65 bits per heavy atom. The molecule has 4 atom stereocenters. The van der Waals surface area contributed by atoms with Crippen LogP contribution in [-0.2, 0) is 13.0 Å². The zero-order chi connectivity index (χ0) is 37.6. The van der Waals surface area contributed by atoms with Gasteiger partial charge in [0.25, 0.3) is 0 Å². The lowest BCUT2D eigenvalue weighted by molar-refractivity contribution is -0.0781. The second-order valence-electron chi connectivity index (χ2n) is 15.1. The molecule has 0 heterocycles. The maximum Gasteiger partial charge on any atom is 0.317 e. The minimum absolute atomic E-state index is 0.0858. The quantitative estimate of drug-likeness (QED) is 0.146. The number of hydrogen-bond donors (Lipinski definition) is 3. The Morgan fingerprint density at radius 1 is 0.942 bits per heavy atom. The minimum Gasteiger partial charge on any atom is -0.497 e. The van der Waals surface area contributed by atoms with Crippen LogP contribution in [0.25, 0.3) is 0 Å². The average molecular weight is 713 g/mol. The number of urea groups is 1. The summed E-state index contributed by atoms with van der Waals surface area (Å²) in [6, 6.07) is 18.3. The summed E-state index contributed by atoms with van der Waals surface area (Å²) in [6.45, 7) is 8.36. The molecule has 9 nitrogen and oxygen atoms in total. The first-order valence-electron chi connectivity index (χ1n) is 18.4. The number of carbonyl (C=O) groups is 2. The summed E-state index contributed by atoms with van der Waals surface area (Å²) in [7, 11) is 4.78. The van der Waals surface area contributed by atoms with E-state index in [1.807, 2.05) is 44.2 Å². The van der Waals surface area contributed by atoms with Crippen molar-refractivity contribution >= 4 is 11.8 Å². The normalized spacial score (nSPS) is 23.3. The molecule has 280 valence electrons. The Kier molecular flexibility index (Phi) is 12.4. The highest BCUT2D eigenvalue weighted by Gasteiger charge is 2.57. The maximum absolute atomic E-state index is 14.4. The number of aliphatic hydroxyl groups excluding tert-OH is 1. The molecule has 1 fully saturated rings.